The second-order valence-corrected chi connectivity index (χ2v) is 7.85. The molecule has 0 saturated carbocycles. The van der Waals surface area contributed by atoms with Crippen molar-refractivity contribution in [2.75, 3.05) is 43.1 Å². The molecular formula is C22H21N3O3S. The van der Waals surface area contributed by atoms with E-state index in [1.807, 2.05) is 42.5 Å². The minimum Gasteiger partial charge on any atom is -0.367 e. The quantitative estimate of drug-likeness (QED) is 0.607. The minimum atomic E-state index is -0.0918. The molecule has 0 aliphatic carbocycles. The lowest BCUT2D eigenvalue weighted by Gasteiger charge is -2.31. The van der Waals surface area contributed by atoms with Gasteiger partial charge < -0.3 is 19.9 Å². The van der Waals surface area contributed by atoms with Gasteiger partial charge in [0, 0.05) is 35.1 Å². The van der Waals surface area contributed by atoms with E-state index in [0.717, 1.165) is 35.0 Å². The first kappa shape index (κ1) is 19.4. The predicted molar refractivity (Wildman–Crippen MR) is 114 cm³/mol. The first-order valence-corrected chi connectivity index (χ1v) is 10.3. The largest absolute Gasteiger partial charge is 0.367 e. The Morgan fingerprint density at radius 2 is 2.03 bits per heavy atom. The summed E-state index contributed by atoms with van der Waals surface area (Å²) in [6, 6.07) is 13.1. The summed E-state index contributed by atoms with van der Waals surface area (Å²) in [6.07, 6.45) is 6.28. The van der Waals surface area contributed by atoms with Gasteiger partial charge in [-0.2, -0.15) is 0 Å². The Kier molecular flexibility index (Phi) is 5.74. The highest BCUT2D eigenvalue weighted by molar-refractivity contribution is 7.99. The van der Waals surface area contributed by atoms with Crippen molar-refractivity contribution in [1.29, 1.82) is 0 Å². The Balaban J connectivity index is 1.64. The van der Waals surface area contributed by atoms with Crippen molar-refractivity contribution in [3.63, 3.8) is 0 Å². The zero-order valence-electron chi connectivity index (χ0n) is 15.9. The maximum Gasteiger partial charge on any atom is 0.321 e. The number of ether oxygens (including phenoxy) is 1. The molecule has 2 heterocycles. The molecule has 148 valence electrons. The molecule has 7 heteroatoms. The van der Waals surface area contributed by atoms with Crippen LogP contribution in [-0.4, -0.2) is 49.7 Å². The van der Waals surface area contributed by atoms with Gasteiger partial charge in [0.15, 0.2) is 0 Å². The SMILES string of the molecule is C#CCOCCN1C(=O)c2ccccc2Sc2cc(NC(=O)N3CCC3)ccc21. The van der Waals surface area contributed by atoms with E-state index in [2.05, 4.69) is 11.2 Å². The van der Waals surface area contributed by atoms with Crippen LogP contribution >= 0.6 is 11.8 Å². The van der Waals surface area contributed by atoms with E-state index in [4.69, 9.17) is 11.2 Å². The van der Waals surface area contributed by atoms with E-state index in [1.54, 1.807) is 9.80 Å². The molecule has 2 aromatic rings. The molecule has 0 spiro atoms. The molecule has 6 nitrogen and oxygen atoms in total. The Morgan fingerprint density at radius 3 is 2.79 bits per heavy atom. The van der Waals surface area contributed by atoms with Crippen LogP contribution in [0, 0.1) is 12.3 Å². The van der Waals surface area contributed by atoms with E-state index < -0.39 is 0 Å². The monoisotopic (exact) mass is 407 g/mol. The van der Waals surface area contributed by atoms with Crippen molar-refractivity contribution >= 4 is 35.1 Å². The number of hydrogen-bond donors (Lipinski definition) is 1. The maximum atomic E-state index is 13.2. The third kappa shape index (κ3) is 4.09. The zero-order chi connectivity index (χ0) is 20.2. The number of urea groups is 1. The van der Waals surface area contributed by atoms with Crippen molar-refractivity contribution in [3.05, 3.63) is 48.0 Å². The van der Waals surface area contributed by atoms with Crippen LogP contribution in [0.25, 0.3) is 0 Å². The van der Waals surface area contributed by atoms with Crippen LogP contribution in [-0.2, 0) is 4.74 Å². The molecule has 0 unspecified atom stereocenters. The Morgan fingerprint density at radius 1 is 1.21 bits per heavy atom. The number of rotatable bonds is 5. The second kappa shape index (κ2) is 8.60. The average molecular weight is 407 g/mol. The number of anilines is 2. The molecular weight excluding hydrogens is 386 g/mol. The molecule has 2 aliphatic heterocycles. The van der Waals surface area contributed by atoms with Crippen LogP contribution in [0.3, 0.4) is 0 Å². The van der Waals surface area contributed by atoms with Gasteiger partial charge in [0.05, 0.1) is 17.9 Å². The van der Waals surface area contributed by atoms with E-state index in [-0.39, 0.29) is 18.5 Å². The molecule has 3 amide bonds. The summed E-state index contributed by atoms with van der Waals surface area (Å²) < 4.78 is 5.40. The standard InChI is InChI=1S/C22H21N3O3S/c1-2-13-28-14-12-25-18-9-8-16(23-22(27)24-10-5-11-24)15-20(18)29-19-7-4-3-6-17(19)21(25)26/h1,3-4,6-9,15H,5,10-14H2,(H,23,27). The van der Waals surface area contributed by atoms with Crippen molar-refractivity contribution in [2.45, 2.75) is 16.2 Å². The van der Waals surface area contributed by atoms with E-state index >= 15 is 0 Å². The Labute approximate surface area is 174 Å². The van der Waals surface area contributed by atoms with Gasteiger partial charge in [-0.25, -0.2) is 4.79 Å². The number of amides is 3. The van der Waals surface area contributed by atoms with Crippen molar-refractivity contribution < 1.29 is 14.3 Å². The first-order valence-electron chi connectivity index (χ1n) is 9.47. The molecule has 2 aliphatic rings. The fourth-order valence-corrected chi connectivity index (χ4v) is 4.35. The number of hydrogen-bond acceptors (Lipinski definition) is 4. The molecule has 0 atom stereocenters. The van der Waals surface area contributed by atoms with Gasteiger partial charge in [-0.3, -0.25) is 4.79 Å². The van der Waals surface area contributed by atoms with Crippen molar-refractivity contribution in [3.8, 4) is 12.3 Å². The molecule has 29 heavy (non-hydrogen) atoms. The van der Waals surface area contributed by atoms with Crippen LogP contribution in [0.15, 0.2) is 52.3 Å². The average Bonchev–Trinajstić information content (AvgIpc) is 2.78. The van der Waals surface area contributed by atoms with E-state index in [1.165, 1.54) is 11.8 Å². The Bertz CT molecular complexity index is 982. The highest BCUT2D eigenvalue weighted by Crippen LogP contribution is 2.42. The highest BCUT2D eigenvalue weighted by Gasteiger charge is 2.27. The molecule has 0 aromatic heterocycles. The van der Waals surface area contributed by atoms with Crippen molar-refractivity contribution in [1.82, 2.24) is 4.90 Å². The molecule has 1 fully saturated rings. The summed E-state index contributed by atoms with van der Waals surface area (Å²) in [6.45, 7) is 2.52. The van der Waals surface area contributed by atoms with Crippen LogP contribution in [0.4, 0.5) is 16.2 Å². The predicted octanol–water partition coefficient (Wildman–Crippen LogP) is 3.69. The number of benzene rings is 2. The van der Waals surface area contributed by atoms with Crippen LogP contribution < -0.4 is 10.2 Å². The lowest BCUT2D eigenvalue weighted by Crippen LogP contribution is -2.44. The van der Waals surface area contributed by atoms with Gasteiger partial charge in [-0.15, -0.1) is 6.42 Å². The highest BCUT2D eigenvalue weighted by atomic mass is 32.2. The number of carbonyl (C=O) groups excluding carboxylic acids is 2. The number of likely N-dealkylation sites (tertiary alicyclic amines) is 1. The molecule has 0 radical (unpaired) electrons. The molecule has 1 saturated heterocycles. The fourth-order valence-electron chi connectivity index (χ4n) is 3.23. The summed E-state index contributed by atoms with van der Waals surface area (Å²) in [5, 5.41) is 2.95. The van der Waals surface area contributed by atoms with Gasteiger partial charge >= 0.3 is 6.03 Å². The summed E-state index contributed by atoms with van der Waals surface area (Å²) in [7, 11) is 0. The number of terminal acetylenes is 1. The van der Waals surface area contributed by atoms with Crippen molar-refractivity contribution in [2.24, 2.45) is 0 Å². The summed E-state index contributed by atoms with van der Waals surface area (Å²) >= 11 is 1.52. The van der Waals surface area contributed by atoms with Gasteiger partial charge in [0.1, 0.15) is 6.61 Å². The van der Waals surface area contributed by atoms with E-state index in [9.17, 15) is 9.59 Å². The second-order valence-electron chi connectivity index (χ2n) is 6.76. The summed E-state index contributed by atoms with van der Waals surface area (Å²) in [4.78, 5) is 30.7. The number of carbonyl (C=O) groups is 2. The zero-order valence-corrected chi connectivity index (χ0v) is 16.7. The minimum absolute atomic E-state index is 0.0754. The van der Waals surface area contributed by atoms with Gasteiger partial charge in [-0.1, -0.05) is 29.8 Å². The number of fused-ring (bicyclic) bond motifs is 2. The number of nitrogens with zero attached hydrogens (tertiary/aromatic N) is 2. The fraction of sp³-hybridized carbons (Fsp3) is 0.273. The van der Waals surface area contributed by atoms with Crippen LogP contribution in [0.1, 0.15) is 16.8 Å². The topological polar surface area (TPSA) is 61.9 Å². The maximum absolute atomic E-state index is 13.2. The molecule has 0 bridgehead atoms. The third-order valence-corrected chi connectivity index (χ3v) is 6.00. The normalized spacial score (nSPS) is 14.9. The third-order valence-electron chi connectivity index (χ3n) is 4.87. The lowest BCUT2D eigenvalue weighted by molar-refractivity contribution is 0.0968. The number of nitrogens with one attached hydrogen (secondary N) is 1. The van der Waals surface area contributed by atoms with E-state index in [0.29, 0.717) is 24.4 Å². The molecule has 2 aromatic carbocycles. The molecule has 4 rings (SSSR count). The van der Waals surface area contributed by atoms with Crippen LogP contribution in [0.5, 0.6) is 0 Å². The van der Waals surface area contributed by atoms with Gasteiger partial charge in [0.2, 0.25) is 0 Å². The van der Waals surface area contributed by atoms with Gasteiger partial charge in [0.25, 0.3) is 5.91 Å². The van der Waals surface area contributed by atoms with Gasteiger partial charge in [-0.05, 0) is 36.8 Å². The first-order chi connectivity index (χ1) is 14.2. The van der Waals surface area contributed by atoms with Crippen LogP contribution in [0.2, 0.25) is 0 Å². The Hall–Kier alpha value is -2.95. The smallest absolute Gasteiger partial charge is 0.321 e. The lowest BCUT2D eigenvalue weighted by atomic mass is 10.1. The summed E-state index contributed by atoms with van der Waals surface area (Å²) in [5.41, 5.74) is 2.16. The summed E-state index contributed by atoms with van der Waals surface area (Å²) in [5.74, 6) is 2.36. The molecule has 1 N–H and O–H groups in total.